The number of carboxylic acids is 3. The number of carboxylic acid groups (broad SMARTS) is 3. The quantitative estimate of drug-likeness (QED) is 0.133. The van der Waals surface area contributed by atoms with Crippen LogP contribution in [0.15, 0.2) is 34.9 Å². The summed E-state index contributed by atoms with van der Waals surface area (Å²) in [7, 11) is 0. The molecule has 564 valence electrons. The molecule has 27 atom stereocenters. The second kappa shape index (κ2) is 23.7. The number of aliphatic hydroxyl groups is 4. The van der Waals surface area contributed by atoms with Gasteiger partial charge in [-0.25, -0.2) is 0 Å². The van der Waals surface area contributed by atoms with Gasteiger partial charge >= 0.3 is 17.9 Å². The highest BCUT2D eigenvalue weighted by molar-refractivity contribution is 5.78. The molecule has 0 aromatic rings. The van der Waals surface area contributed by atoms with Crippen LogP contribution in [0.25, 0.3) is 0 Å². The summed E-state index contributed by atoms with van der Waals surface area (Å²) in [6, 6.07) is 0. The zero-order valence-corrected chi connectivity index (χ0v) is 66.9. The zero-order chi connectivity index (χ0) is 73.4. The van der Waals surface area contributed by atoms with Crippen LogP contribution >= 0.6 is 0 Å². The van der Waals surface area contributed by atoms with Gasteiger partial charge in [0.05, 0.1) is 41.2 Å². The van der Waals surface area contributed by atoms with E-state index in [1.54, 1.807) is 0 Å². The summed E-state index contributed by atoms with van der Waals surface area (Å²) < 4.78 is 0. The first-order chi connectivity index (χ1) is 46.1. The molecule has 0 bridgehead atoms. The van der Waals surface area contributed by atoms with Crippen molar-refractivity contribution in [1.29, 1.82) is 0 Å². The maximum absolute atomic E-state index is 12.8. The van der Waals surface area contributed by atoms with E-state index in [0.717, 1.165) is 161 Å². The molecule has 0 amide bonds. The van der Waals surface area contributed by atoms with Crippen LogP contribution in [0.5, 0.6) is 0 Å². The Kier molecular flexibility index (Phi) is 18.0. The summed E-state index contributed by atoms with van der Waals surface area (Å²) in [4.78, 5) is 38.3. The molecule has 0 saturated heterocycles. The molecule has 0 radical (unpaired) electrons. The van der Waals surface area contributed by atoms with Gasteiger partial charge in [-0.15, -0.1) is 0 Å². The molecule has 7 N–H and O–H groups in total. The van der Waals surface area contributed by atoms with Crippen LogP contribution in [0, 0.1) is 157 Å². The number of aliphatic carboxylic acids is 3. The van der Waals surface area contributed by atoms with Crippen molar-refractivity contribution in [2.24, 2.45) is 157 Å². The van der Waals surface area contributed by atoms with Gasteiger partial charge in [0.2, 0.25) is 0 Å². The molecule has 15 aliphatic rings. The summed E-state index contributed by atoms with van der Waals surface area (Å²) in [6.45, 7) is 48.2. The number of hydrogen-bond acceptors (Lipinski definition) is 7. The molecule has 0 spiro atoms. The highest BCUT2D eigenvalue weighted by Gasteiger charge is 2.74. The highest BCUT2D eigenvalue weighted by atomic mass is 16.4. The minimum absolute atomic E-state index is 0.0204. The fraction of sp³-hybridized carbons (Fsp3) is 0.900. The van der Waals surface area contributed by atoms with Crippen molar-refractivity contribution in [3.8, 4) is 0 Å². The van der Waals surface area contributed by atoms with Gasteiger partial charge in [-0.2, -0.15) is 0 Å². The topological polar surface area (TPSA) is 193 Å². The van der Waals surface area contributed by atoms with Crippen molar-refractivity contribution in [3.63, 3.8) is 0 Å². The molecule has 0 aromatic heterocycles. The number of hydrogen-bond donors (Lipinski definition) is 7. The normalized spacial score (nSPS) is 53.9. The molecule has 27 unspecified atom stereocenters. The van der Waals surface area contributed by atoms with Crippen molar-refractivity contribution in [2.45, 2.75) is 343 Å². The molecule has 0 heterocycles. The monoisotopic (exact) mass is 1390 g/mol. The van der Waals surface area contributed by atoms with Crippen LogP contribution in [0.3, 0.4) is 0 Å². The Hall–Kier alpha value is -2.53. The first-order valence-electron chi connectivity index (χ1n) is 41.6. The Morgan fingerprint density at radius 2 is 0.700 bits per heavy atom. The van der Waals surface area contributed by atoms with E-state index in [9.17, 15) is 50.1 Å². The largest absolute Gasteiger partial charge is 0.481 e. The van der Waals surface area contributed by atoms with Crippen LogP contribution in [0.1, 0.15) is 325 Å². The van der Waals surface area contributed by atoms with Gasteiger partial charge in [0.15, 0.2) is 0 Å². The van der Waals surface area contributed by atoms with Gasteiger partial charge in [0, 0.05) is 5.41 Å². The van der Waals surface area contributed by atoms with Crippen LogP contribution < -0.4 is 0 Å². The van der Waals surface area contributed by atoms with E-state index in [1.807, 2.05) is 0 Å². The predicted molar refractivity (Wildman–Crippen MR) is 399 cm³/mol. The summed E-state index contributed by atoms with van der Waals surface area (Å²) in [5.74, 6) is 3.03. The van der Waals surface area contributed by atoms with Gasteiger partial charge < -0.3 is 35.7 Å². The summed E-state index contributed by atoms with van der Waals surface area (Å²) >= 11 is 0. The van der Waals surface area contributed by atoms with Gasteiger partial charge in [-0.05, 0) is 322 Å². The lowest BCUT2D eigenvalue weighted by Crippen LogP contribution is -2.65. The first-order valence-corrected chi connectivity index (χ1v) is 41.6. The van der Waals surface area contributed by atoms with Crippen LogP contribution in [-0.4, -0.2) is 78.6 Å². The molecular formula is C90H144O10. The van der Waals surface area contributed by atoms with Crippen molar-refractivity contribution in [1.82, 2.24) is 0 Å². The summed E-state index contributed by atoms with van der Waals surface area (Å²) in [6.07, 6.45) is 35.8. The number of allylic oxidation sites excluding steroid dienone is 6. The van der Waals surface area contributed by atoms with Crippen molar-refractivity contribution >= 4 is 17.9 Å². The van der Waals surface area contributed by atoms with Gasteiger partial charge in [-0.1, -0.05) is 173 Å². The third kappa shape index (κ3) is 9.89. The Balaban J connectivity index is 0.000000134. The van der Waals surface area contributed by atoms with Crippen molar-refractivity contribution in [3.05, 3.63) is 34.9 Å². The van der Waals surface area contributed by atoms with Crippen LogP contribution in [-0.2, 0) is 14.4 Å². The number of aliphatic hydroxyl groups excluding tert-OH is 4. The summed E-state index contributed by atoms with van der Waals surface area (Å²) in [5.41, 5.74) is 3.99. The third-order valence-electron chi connectivity index (χ3n) is 39.6. The Bertz CT molecular complexity index is 3350. The van der Waals surface area contributed by atoms with Crippen molar-refractivity contribution in [2.75, 3.05) is 6.61 Å². The van der Waals surface area contributed by atoms with E-state index in [1.165, 1.54) is 42.4 Å². The van der Waals surface area contributed by atoms with Gasteiger partial charge in [0.25, 0.3) is 0 Å². The third-order valence-corrected chi connectivity index (χ3v) is 39.6. The molecular weight excluding hydrogens is 1240 g/mol. The van der Waals surface area contributed by atoms with E-state index in [2.05, 4.69) is 157 Å². The maximum Gasteiger partial charge on any atom is 0.310 e. The maximum atomic E-state index is 12.8. The van der Waals surface area contributed by atoms with E-state index in [0.29, 0.717) is 47.3 Å². The Morgan fingerprint density at radius 1 is 0.370 bits per heavy atom. The van der Waals surface area contributed by atoms with Crippen LogP contribution in [0.4, 0.5) is 0 Å². The van der Waals surface area contributed by atoms with Gasteiger partial charge in [-0.3, -0.25) is 14.4 Å². The molecule has 10 heteroatoms. The van der Waals surface area contributed by atoms with E-state index in [4.69, 9.17) is 0 Å². The second-order valence-electron chi connectivity index (χ2n) is 44.4. The molecule has 10 nitrogen and oxygen atoms in total. The molecule has 100 heavy (non-hydrogen) atoms. The fourth-order valence-corrected chi connectivity index (χ4v) is 32.1. The average molecular weight is 1390 g/mol. The Labute approximate surface area is 606 Å². The van der Waals surface area contributed by atoms with Gasteiger partial charge in [0.1, 0.15) is 0 Å². The fourth-order valence-electron chi connectivity index (χ4n) is 32.1. The minimum atomic E-state index is -0.588. The van der Waals surface area contributed by atoms with E-state index >= 15 is 0 Å². The molecule has 12 saturated carbocycles. The smallest absolute Gasteiger partial charge is 0.310 e. The highest BCUT2D eigenvalue weighted by Crippen LogP contribution is 2.80. The zero-order valence-electron chi connectivity index (χ0n) is 66.9. The minimum Gasteiger partial charge on any atom is -0.481 e. The first kappa shape index (κ1) is 75.7. The lowest BCUT2D eigenvalue weighted by molar-refractivity contribution is -0.216. The predicted octanol–water partition coefficient (Wildman–Crippen LogP) is 20.5. The number of carbonyl (C=O) groups is 3. The molecule has 15 aliphatic carbocycles. The Morgan fingerprint density at radius 3 is 1.08 bits per heavy atom. The lowest BCUT2D eigenvalue weighted by Gasteiger charge is -2.71. The number of fused-ring (bicyclic) bond motifs is 21. The molecule has 15 rings (SSSR count). The standard InChI is InChI=1S/C30H48O4.2C30H48O3/c1-25(2)13-15-30(24(33)34)16-14-28(5)19(20(30)17-25)7-8-22-26(3)11-10-23(32)27(4,18-31)21(26)9-12-29(22,28)6;1-18-10-15-30(25(32)33)17-16-28(6)20(24(30)19(18)2)8-9-22-27(5)13-12-23(31)26(3,4)21(27)11-14-29(22,28)7;1-25(2)14-16-30(24(32)33)17-15-28(6)19(20(30)18-25)8-9-22-27(5)12-11-23(31)26(3,4)21(27)10-13-29(22,28)7/h7,20-23,31-32H,8-18H2,1-6H3,(H,33,34);8,18-19,21-24,31H,9-17H2,1-7H3,(H,32,33);8,20-23,31H,9-18H2,1-7H3,(H,32,33). The lowest BCUT2D eigenvalue weighted by atomic mass is 9.33. The SMILES string of the molecule is CC1(C)CCC2(C(=O)O)CCC3(C)C(=CCC4C5(C)CCC(O)C(C)(C)C5CCC43C)C2C1.CC1(C)CCC2(C(=O)O)CCC3(C)C(=CCC4C5(C)CCC(O)C(C)(CO)C5CCC43C)C2C1.CC1CCC2(C(=O)O)CCC3(C)C(=CCC4C5(C)CCC(O)C(C)(C)C5CCC43C)C2C1C. The van der Waals surface area contributed by atoms with E-state index < -0.39 is 45.7 Å². The molecule has 12 fully saturated rings. The summed E-state index contributed by atoms with van der Waals surface area (Å²) in [5, 5.41) is 74.6. The molecule has 0 aliphatic heterocycles. The van der Waals surface area contributed by atoms with E-state index in [-0.39, 0.29) is 107 Å². The molecule has 0 aromatic carbocycles. The van der Waals surface area contributed by atoms with Crippen LogP contribution in [0.2, 0.25) is 0 Å². The second-order valence-corrected chi connectivity index (χ2v) is 44.4. The van der Waals surface area contributed by atoms with Crippen molar-refractivity contribution < 1.29 is 50.1 Å². The number of rotatable bonds is 4. The average Bonchev–Trinajstić information content (AvgIpc) is 0.686.